The molecule has 5 nitrogen and oxygen atoms in total. The minimum Gasteiger partial charge on any atom is -0.466 e. The van der Waals surface area contributed by atoms with Crippen LogP contribution in [0.1, 0.15) is 49.0 Å². The van der Waals surface area contributed by atoms with Crippen molar-refractivity contribution >= 4 is 17.5 Å². The van der Waals surface area contributed by atoms with Gasteiger partial charge in [0.2, 0.25) is 0 Å². The molecule has 0 radical (unpaired) electrons. The van der Waals surface area contributed by atoms with Crippen molar-refractivity contribution in [3.63, 3.8) is 0 Å². The molecule has 2 amide bonds. The summed E-state index contributed by atoms with van der Waals surface area (Å²) in [6.45, 7) is 5.88. The summed E-state index contributed by atoms with van der Waals surface area (Å²) in [6.07, 6.45) is -3.20. The largest absolute Gasteiger partial charge is 0.466 e. The fraction of sp³-hybridized carbons (Fsp3) is 0.400. The van der Waals surface area contributed by atoms with Crippen LogP contribution in [0.2, 0.25) is 0 Å². The molecule has 150 valence electrons. The molecule has 1 heterocycles. The lowest BCUT2D eigenvalue weighted by Gasteiger charge is -2.34. The van der Waals surface area contributed by atoms with Gasteiger partial charge in [0.25, 0.3) is 0 Å². The number of hydrogen-bond acceptors (Lipinski definition) is 3. The summed E-state index contributed by atoms with van der Waals surface area (Å²) < 4.78 is 44.1. The molecule has 8 heteroatoms. The predicted octanol–water partition coefficient (Wildman–Crippen LogP) is 4.38. The molecule has 2 N–H and O–H groups in total. The Hall–Kier alpha value is -2.77. The van der Waals surface area contributed by atoms with Crippen LogP contribution in [-0.4, -0.2) is 11.8 Å². The number of fused-ring (bicyclic) bond motifs is 1. The first kappa shape index (κ1) is 20.0. The van der Waals surface area contributed by atoms with E-state index in [4.69, 9.17) is 4.42 Å². The van der Waals surface area contributed by atoms with Crippen LogP contribution in [0.3, 0.4) is 0 Å². The summed E-state index contributed by atoms with van der Waals surface area (Å²) in [6, 6.07) is 5.56. The summed E-state index contributed by atoms with van der Waals surface area (Å²) in [5, 5.41) is 4.89. The van der Waals surface area contributed by atoms with Crippen LogP contribution in [0.4, 0.5) is 18.9 Å². The van der Waals surface area contributed by atoms with E-state index in [1.807, 2.05) is 26.8 Å². The third-order valence-electron chi connectivity index (χ3n) is 4.70. The summed E-state index contributed by atoms with van der Waals surface area (Å²) in [5.74, 6) is -0.443. The van der Waals surface area contributed by atoms with E-state index in [-0.39, 0.29) is 11.1 Å². The lowest BCUT2D eigenvalue weighted by atomic mass is 9.74. The monoisotopic (exact) mass is 394 g/mol. The molecule has 3 rings (SSSR count). The quantitative estimate of drug-likeness (QED) is 0.743. The van der Waals surface area contributed by atoms with Gasteiger partial charge in [0, 0.05) is 17.7 Å². The van der Waals surface area contributed by atoms with Gasteiger partial charge in [0.05, 0.1) is 11.6 Å². The number of furan rings is 1. The van der Waals surface area contributed by atoms with Crippen molar-refractivity contribution in [1.82, 2.24) is 5.32 Å². The number of halogens is 3. The zero-order chi connectivity index (χ0) is 20.7. The van der Waals surface area contributed by atoms with Gasteiger partial charge < -0.3 is 15.1 Å². The highest BCUT2D eigenvalue weighted by Crippen LogP contribution is 2.42. The van der Waals surface area contributed by atoms with Crippen molar-refractivity contribution in [3.05, 3.63) is 53.0 Å². The van der Waals surface area contributed by atoms with Crippen LogP contribution in [0.25, 0.3) is 0 Å². The Kier molecular flexibility index (Phi) is 4.99. The number of alkyl halides is 3. The number of hydrogen-bond donors (Lipinski definition) is 2. The maximum atomic E-state index is 12.8. The Morgan fingerprint density at radius 2 is 1.89 bits per heavy atom. The number of nitrogens with one attached hydrogen (secondary N) is 2. The predicted molar refractivity (Wildman–Crippen MR) is 96.5 cm³/mol. The minimum atomic E-state index is -4.54. The summed E-state index contributed by atoms with van der Waals surface area (Å²) in [5.41, 5.74) is -0.304. The van der Waals surface area contributed by atoms with Crippen molar-refractivity contribution < 1.29 is 27.2 Å². The van der Waals surface area contributed by atoms with Crippen molar-refractivity contribution in [2.24, 2.45) is 5.41 Å². The number of aryl methyl sites for hydroxylation is 1. The van der Waals surface area contributed by atoms with Gasteiger partial charge in [-0.25, -0.2) is 0 Å². The minimum absolute atomic E-state index is 0.0983. The van der Waals surface area contributed by atoms with Gasteiger partial charge >= 0.3 is 18.0 Å². The molecule has 0 saturated carbocycles. The van der Waals surface area contributed by atoms with Gasteiger partial charge in [-0.15, -0.1) is 0 Å². The molecule has 0 bridgehead atoms. The zero-order valence-electron chi connectivity index (χ0n) is 15.7. The standard InChI is InChI=1S/C20H21F3N2O3/c1-11-7-14-15(9-19(2,3)10-16(14)28-11)25-18(27)17(26)24-13-6-4-5-12(8-13)20(21,22)23/h4-8,15H,9-10H2,1-3H3,(H,24,26)(H,25,27). The second kappa shape index (κ2) is 7.00. The van der Waals surface area contributed by atoms with Crippen molar-refractivity contribution in [2.45, 2.75) is 45.8 Å². The van der Waals surface area contributed by atoms with Crippen LogP contribution in [0.15, 0.2) is 34.7 Å². The van der Waals surface area contributed by atoms with Gasteiger partial charge in [0.15, 0.2) is 0 Å². The van der Waals surface area contributed by atoms with Crippen LogP contribution in [0.5, 0.6) is 0 Å². The second-order valence-corrected chi connectivity index (χ2v) is 7.84. The van der Waals surface area contributed by atoms with E-state index in [1.165, 1.54) is 12.1 Å². The smallest absolute Gasteiger partial charge is 0.416 e. The van der Waals surface area contributed by atoms with Crippen LogP contribution in [-0.2, 0) is 22.2 Å². The number of carbonyl (C=O) groups excluding carboxylic acids is 2. The zero-order valence-corrected chi connectivity index (χ0v) is 15.7. The Bertz CT molecular complexity index is 916. The van der Waals surface area contributed by atoms with Gasteiger partial charge in [-0.3, -0.25) is 9.59 Å². The third kappa shape index (κ3) is 4.37. The molecule has 1 aliphatic rings. The molecule has 0 fully saturated rings. The molecule has 1 aromatic carbocycles. The molecule has 1 atom stereocenters. The topological polar surface area (TPSA) is 71.3 Å². The highest BCUT2D eigenvalue weighted by Gasteiger charge is 2.36. The molecule has 0 saturated heterocycles. The first-order valence-corrected chi connectivity index (χ1v) is 8.83. The van der Waals surface area contributed by atoms with Gasteiger partial charge in [0.1, 0.15) is 11.5 Å². The molecular weight excluding hydrogens is 373 g/mol. The van der Waals surface area contributed by atoms with E-state index in [9.17, 15) is 22.8 Å². The number of amides is 2. The number of rotatable bonds is 2. The van der Waals surface area contributed by atoms with Gasteiger partial charge in [-0.2, -0.15) is 13.2 Å². The Morgan fingerprint density at radius 3 is 2.57 bits per heavy atom. The van der Waals surface area contributed by atoms with E-state index in [0.717, 1.165) is 35.6 Å². The average molecular weight is 394 g/mol. The van der Waals surface area contributed by atoms with Gasteiger partial charge in [-0.05, 0) is 43.0 Å². The van der Waals surface area contributed by atoms with Crippen molar-refractivity contribution in [3.8, 4) is 0 Å². The fourth-order valence-electron chi connectivity index (χ4n) is 3.50. The summed E-state index contributed by atoms with van der Waals surface area (Å²) in [4.78, 5) is 24.5. The van der Waals surface area contributed by atoms with Gasteiger partial charge in [-0.1, -0.05) is 19.9 Å². The van der Waals surface area contributed by atoms with Crippen LogP contribution in [0, 0.1) is 12.3 Å². The van der Waals surface area contributed by atoms with E-state index < -0.39 is 29.6 Å². The van der Waals surface area contributed by atoms with E-state index in [0.29, 0.717) is 6.42 Å². The molecule has 1 unspecified atom stereocenters. The number of benzene rings is 1. The number of carbonyl (C=O) groups is 2. The first-order chi connectivity index (χ1) is 12.9. The molecule has 0 aliphatic heterocycles. The molecule has 28 heavy (non-hydrogen) atoms. The average Bonchev–Trinajstić information content (AvgIpc) is 2.93. The highest BCUT2D eigenvalue weighted by atomic mass is 19.4. The summed E-state index contributed by atoms with van der Waals surface area (Å²) in [7, 11) is 0. The normalized spacial score (nSPS) is 18.3. The van der Waals surface area contributed by atoms with Crippen molar-refractivity contribution in [1.29, 1.82) is 0 Å². The first-order valence-electron chi connectivity index (χ1n) is 8.83. The van der Waals surface area contributed by atoms with E-state index in [1.54, 1.807) is 0 Å². The Labute approximate surface area is 160 Å². The van der Waals surface area contributed by atoms with Crippen LogP contribution < -0.4 is 10.6 Å². The summed E-state index contributed by atoms with van der Waals surface area (Å²) >= 11 is 0. The van der Waals surface area contributed by atoms with E-state index in [2.05, 4.69) is 10.6 Å². The Balaban J connectivity index is 1.72. The third-order valence-corrected chi connectivity index (χ3v) is 4.70. The van der Waals surface area contributed by atoms with Crippen molar-refractivity contribution in [2.75, 3.05) is 5.32 Å². The maximum absolute atomic E-state index is 12.8. The molecule has 1 aromatic heterocycles. The molecule has 1 aliphatic carbocycles. The Morgan fingerprint density at radius 1 is 1.18 bits per heavy atom. The highest BCUT2D eigenvalue weighted by molar-refractivity contribution is 6.39. The number of anilines is 1. The second-order valence-electron chi connectivity index (χ2n) is 7.84. The van der Waals surface area contributed by atoms with E-state index >= 15 is 0 Å². The molecule has 2 aromatic rings. The fourth-order valence-corrected chi connectivity index (χ4v) is 3.50. The lowest BCUT2D eigenvalue weighted by Crippen LogP contribution is -2.41. The molecular formula is C20H21F3N2O3. The SMILES string of the molecule is Cc1cc2c(o1)CC(C)(C)CC2NC(=O)C(=O)Nc1cccc(C(F)(F)F)c1. The van der Waals surface area contributed by atoms with Crippen LogP contribution >= 0.6 is 0 Å². The maximum Gasteiger partial charge on any atom is 0.416 e. The molecule has 0 spiro atoms. The lowest BCUT2D eigenvalue weighted by molar-refractivity contribution is -0.137.